The molecule has 0 saturated heterocycles. The molecule has 1 aliphatic carbocycles. The summed E-state index contributed by atoms with van der Waals surface area (Å²) >= 11 is 0. The summed E-state index contributed by atoms with van der Waals surface area (Å²) in [6.07, 6.45) is 4.44. The zero-order valence-electron chi connectivity index (χ0n) is 7.78. The molecule has 1 rings (SSSR count). The maximum atomic E-state index is 2.40. The predicted octanol–water partition coefficient (Wildman–Crippen LogP) is 3.47. The molecule has 0 heteroatoms. The highest BCUT2D eigenvalue weighted by Gasteiger charge is 2.31. The van der Waals surface area contributed by atoms with E-state index in [1.807, 2.05) is 0 Å². The molecule has 0 unspecified atom stereocenters. The van der Waals surface area contributed by atoms with E-state index >= 15 is 0 Å². The van der Waals surface area contributed by atoms with Gasteiger partial charge in [-0.3, -0.25) is 0 Å². The quantitative estimate of drug-likeness (QED) is 0.563. The van der Waals surface area contributed by atoms with E-state index in [4.69, 9.17) is 0 Å². The average molecular weight is 140 g/mol. The van der Waals surface area contributed by atoms with Gasteiger partial charge in [-0.25, -0.2) is 0 Å². The summed E-state index contributed by atoms with van der Waals surface area (Å²) in [6, 6.07) is 0. The van der Waals surface area contributed by atoms with Gasteiger partial charge in [0.2, 0.25) is 0 Å². The Kier molecular flexibility index (Phi) is 2.07. The molecule has 0 heterocycles. The summed E-state index contributed by atoms with van der Waals surface area (Å²) in [5.74, 6) is 1.92. The summed E-state index contributed by atoms with van der Waals surface area (Å²) < 4.78 is 0. The summed E-state index contributed by atoms with van der Waals surface area (Å²) in [6.45, 7) is 9.47. The minimum absolute atomic E-state index is 0.584. The molecule has 0 aromatic carbocycles. The first-order valence-electron chi connectivity index (χ1n) is 4.52. The fourth-order valence-corrected chi connectivity index (χ4v) is 1.30. The number of hydrogen-bond acceptors (Lipinski definition) is 0. The van der Waals surface area contributed by atoms with Gasteiger partial charge in [0.15, 0.2) is 0 Å². The first-order chi connectivity index (χ1) is 4.52. The van der Waals surface area contributed by atoms with Crippen LogP contribution in [0.25, 0.3) is 0 Å². The second kappa shape index (κ2) is 2.56. The molecule has 0 nitrogen and oxygen atoms in total. The van der Waals surface area contributed by atoms with Crippen molar-refractivity contribution >= 4 is 0 Å². The second-order valence-electron chi connectivity index (χ2n) is 4.79. The highest BCUT2D eigenvalue weighted by atomic mass is 14.4. The van der Waals surface area contributed by atoms with Gasteiger partial charge in [-0.15, -0.1) is 0 Å². The number of hydrogen-bond donors (Lipinski definition) is 0. The van der Waals surface area contributed by atoms with E-state index in [1.165, 1.54) is 19.3 Å². The molecular formula is C10H20. The smallest absolute Gasteiger partial charge is 0.0329 e. The monoisotopic (exact) mass is 140 g/mol. The van der Waals surface area contributed by atoms with Crippen LogP contribution in [0.2, 0.25) is 0 Å². The zero-order valence-corrected chi connectivity index (χ0v) is 7.78. The fraction of sp³-hybridized carbons (Fsp3) is 1.00. The van der Waals surface area contributed by atoms with Crippen molar-refractivity contribution in [3.8, 4) is 0 Å². The Morgan fingerprint density at radius 3 is 2.10 bits per heavy atom. The molecule has 0 aliphatic heterocycles. The molecule has 0 bridgehead atoms. The van der Waals surface area contributed by atoms with Crippen LogP contribution >= 0.6 is 0 Å². The first-order valence-corrected chi connectivity index (χ1v) is 4.52. The summed E-state index contributed by atoms with van der Waals surface area (Å²) in [5.41, 5.74) is 0.584. The van der Waals surface area contributed by atoms with Crippen molar-refractivity contribution in [2.75, 3.05) is 0 Å². The standard InChI is InChI=1S/C10H20/c1-8(2)10(3,4)7-9-5-6-9/h8-9H,5-7H2,1-4H3. The van der Waals surface area contributed by atoms with E-state index in [9.17, 15) is 0 Å². The lowest BCUT2D eigenvalue weighted by atomic mass is 9.77. The summed E-state index contributed by atoms with van der Waals surface area (Å²) in [5, 5.41) is 0. The van der Waals surface area contributed by atoms with Crippen LogP contribution in [-0.2, 0) is 0 Å². The Bertz CT molecular complexity index is 107. The molecule has 0 atom stereocenters. The molecule has 0 N–H and O–H groups in total. The third kappa shape index (κ3) is 2.00. The molecule has 0 aromatic rings. The lowest BCUT2D eigenvalue weighted by Crippen LogP contribution is -2.19. The van der Waals surface area contributed by atoms with Gasteiger partial charge in [0.05, 0.1) is 0 Å². The Hall–Kier alpha value is 0. The highest BCUT2D eigenvalue weighted by molar-refractivity contribution is 4.82. The summed E-state index contributed by atoms with van der Waals surface area (Å²) in [7, 11) is 0. The third-order valence-electron chi connectivity index (χ3n) is 3.07. The van der Waals surface area contributed by atoms with Crippen molar-refractivity contribution < 1.29 is 0 Å². The molecule has 60 valence electrons. The Labute approximate surface area is 65.0 Å². The van der Waals surface area contributed by atoms with Gasteiger partial charge in [0, 0.05) is 0 Å². The lowest BCUT2D eigenvalue weighted by molar-refractivity contribution is 0.216. The first kappa shape index (κ1) is 8.10. The van der Waals surface area contributed by atoms with Crippen LogP contribution < -0.4 is 0 Å². The van der Waals surface area contributed by atoms with Crippen molar-refractivity contribution in [1.29, 1.82) is 0 Å². The molecule has 1 saturated carbocycles. The van der Waals surface area contributed by atoms with E-state index in [0.29, 0.717) is 5.41 Å². The van der Waals surface area contributed by atoms with Gasteiger partial charge in [-0.05, 0) is 23.7 Å². The molecule has 0 radical (unpaired) electrons. The van der Waals surface area contributed by atoms with Gasteiger partial charge in [-0.1, -0.05) is 40.5 Å². The maximum Gasteiger partial charge on any atom is -0.0329 e. The molecule has 0 spiro atoms. The van der Waals surface area contributed by atoms with Crippen molar-refractivity contribution in [3.05, 3.63) is 0 Å². The van der Waals surface area contributed by atoms with Crippen LogP contribution in [0.15, 0.2) is 0 Å². The van der Waals surface area contributed by atoms with Gasteiger partial charge < -0.3 is 0 Å². The highest BCUT2D eigenvalue weighted by Crippen LogP contribution is 2.43. The maximum absolute atomic E-state index is 2.40. The molecule has 1 fully saturated rings. The van der Waals surface area contributed by atoms with Gasteiger partial charge >= 0.3 is 0 Å². The average Bonchev–Trinajstić information content (AvgIpc) is 2.48. The van der Waals surface area contributed by atoms with Crippen molar-refractivity contribution in [3.63, 3.8) is 0 Å². The van der Waals surface area contributed by atoms with E-state index in [0.717, 1.165) is 11.8 Å². The van der Waals surface area contributed by atoms with Crippen LogP contribution in [0.4, 0.5) is 0 Å². The van der Waals surface area contributed by atoms with Crippen LogP contribution in [0.3, 0.4) is 0 Å². The fourth-order valence-electron chi connectivity index (χ4n) is 1.30. The Morgan fingerprint density at radius 2 is 1.80 bits per heavy atom. The molecule has 10 heavy (non-hydrogen) atoms. The Balaban J connectivity index is 2.33. The van der Waals surface area contributed by atoms with Crippen LogP contribution in [0.1, 0.15) is 47.0 Å². The van der Waals surface area contributed by atoms with E-state index < -0.39 is 0 Å². The van der Waals surface area contributed by atoms with Crippen LogP contribution in [0.5, 0.6) is 0 Å². The molecular weight excluding hydrogens is 120 g/mol. The van der Waals surface area contributed by atoms with Crippen LogP contribution in [0, 0.1) is 17.3 Å². The van der Waals surface area contributed by atoms with E-state index in [-0.39, 0.29) is 0 Å². The van der Waals surface area contributed by atoms with Gasteiger partial charge in [0.1, 0.15) is 0 Å². The molecule has 0 amide bonds. The topological polar surface area (TPSA) is 0 Å². The third-order valence-corrected chi connectivity index (χ3v) is 3.07. The van der Waals surface area contributed by atoms with Crippen LogP contribution in [-0.4, -0.2) is 0 Å². The predicted molar refractivity (Wildman–Crippen MR) is 46.0 cm³/mol. The second-order valence-corrected chi connectivity index (χ2v) is 4.79. The summed E-state index contributed by atoms with van der Waals surface area (Å²) in [4.78, 5) is 0. The molecule has 0 aromatic heterocycles. The van der Waals surface area contributed by atoms with Gasteiger partial charge in [-0.2, -0.15) is 0 Å². The zero-order chi connectivity index (χ0) is 7.78. The number of rotatable bonds is 3. The SMILES string of the molecule is CC(C)C(C)(C)CC1CC1. The minimum Gasteiger partial charge on any atom is -0.0623 e. The van der Waals surface area contributed by atoms with Crippen molar-refractivity contribution in [2.45, 2.75) is 47.0 Å². The normalized spacial score (nSPS) is 20.1. The minimum atomic E-state index is 0.584. The largest absolute Gasteiger partial charge is 0.0623 e. The Morgan fingerprint density at radius 1 is 1.30 bits per heavy atom. The van der Waals surface area contributed by atoms with Crippen molar-refractivity contribution in [2.24, 2.45) is 17.3 Å². The van der Waals surface area contributed by atoms with E-state index in [2.05, 4.69) is 27.7 Å². The van der Waals surface area contributed by atoms with Gasteiger partial charge in [0.25, 0.3) is 0 Å². The lowest BCUT2D eigenvalue weighted by Gasteiger charge is -2.29. The molecule has 1 aliphatic rings. The van der Waals surface area contributed by atoms with Crippen molar-refractivity contribution in [1.82, 2.24) is 0 Å². The van der Waals surface area contributed by atoms with E-state index in [1.54, 1.807) is 0 Å².